The molecule has 0 amide bonds. The van der Waals surface area contributed by atoms with Gasteiger partial charge in [-0.15, -0.1) is 0 Å². The average Bonchev–Trinajstić information content (AvgIpc) is 2.97. The first kappa shape index (κ1) is 20.2. The van der Waals surface area contributed by atoms with Gasteiger partial charge >= 0.3 is 0 Å². The van der Waals surface area contributed by atoms with Crippen molar-refractivity contribution in [3.63, 3.8) is 0 Å². The first-order valence-corrected chi connectivity index (χ1v) is 11.6. The Morgan fingerprint density at radius 1 is 0.706 bits per heavy atom. The maximum absolute atomic E-state index is 5.20. The Kier molecular flexibility index (Phi) is 5.04. The lowest BCUT2D eigenvalue weighted by atomic mass is 9.92. The van der Waals surface area contributed by atoms with Gasteiger partial charge in [0.05, 0.1) is 16.9 Å². The van der Waals surface area contributed by atoms with Crippen molar-refractivity contribution in [3.05, 3.63) is 139 Å². The SMILES string of the molecule is C=C1/C=C\C=C/Cc2c(ccc3c2c(-c2ccccc2)nc2ccccc23)N1c1ccccc1. The number of anilines is 2. The third-order valence-corrected chi connectivity index (χ3v) is 6.40. The highest BCUT2D eigenvalue weighted by atomic mass is 15.1. The highest BCUT2D eigenvalue weighted by Crippen LogP contribution is 2.42. The largest absolute Gasteiger partial charge is 0.311 e. The van der Waals surface area contributed by atoms with Crippen LogP contribution in [-0.2, 0) is 6.42 Å². The summed E-state index contributed by atoms with van der Waals surface area (Å²) in [5.74, 6) is 0. The predicted octanol–water partition coefficient (Wildman–Crippen LogP) is 8.38. The van der Waals surface area contributed by atoms with Crippen molar-refractivity contribution in [1.82, 2.24) is 4.98 Å². The summed E-state index contributed by atoms with van der Waals surface area (Å²) in [6.07, 6.45) is 9.27. The molecule has 6 rings (SSSR count). The van der Waals surface area contributed by atoms with Crippen molar-refractivity contribution in [2.75, 3.05) is 4.90 Å². The van der Waals surface area contributed by atoms with E-state index < -0.39 is 0 Å². The van der Waals surface area contributed by atoms with E-state index in [1.165, 1.54) is 21.7 Å². The number of fused-ring (bicyclic) bond motifs is 5. The standard InChI is InChI=1S/C32H24N2/c1-23-13-5-2-10-19-28-30(34(23)25-16-8-4-9-17-25)22-21-27-26-18-11-12-20-29(26)33-32(31(27)28)24-14-6-3-7-15-24/h2-18,20-22H,1,19H2/b10-2-,13-5-. The molecular formula is C32H24N2. The minimum absolute atomic E-state index is 0.799. The summed E-state index contributed by atoms with van der Waals surface area (Å²) < 4.78 is 0. The summed E-state index contributed by atoms with van der Waals surface area (Å²) in [4.78, 5) is 7.45. The molecule has 0 spiro atoms. The minimum atomic E-state index is 0.799. The van der Waals surface area contributed by atoms with Gasteiger partial charge in [-0.1, -0.05) is 97.6 Å². The van der Waals surface area contributed by atoms with Crippen LogP contribution in [0.25, 0.3) is 32.9 Å². The van der Waals surface area contributed by atoms with Gasteiger partial charge in [-0.2, -0.15) is 0 Å². The molecule has 2 nitrogen and oxygen atoms in total. The predicted molar refractivity (Wildman–Crippen MR) is 144 cm³/mol. The average molecular weight is 437 g/mol. The molecule has 5 aromatic rings. The van der Waals surface area contributed by atoms with Gasteiger partial charge in [0.2, 0.25) is 0 Å². The van der Waals surface area contributed by atoms with Gasteiger partial charge in [0.25, 0.3) is 0 Å². The lowest BCUT2D eigenvalue weighted by Gasteiger charge is -2.29. The van der Waals surface area contributed by atoms with Crippen molar-refractivity contribution in [3.8, 4) is 11.3 Å². The van der Waals surface area contributed by atoms with E-state index >= 15 is 0 Å². The van der Waals surface area contributed by atoms with Crippen LogP contribution >= 0.6 is 0 Å². The maximum Gasteiger partial charge on any atom is 0.0791 e. The molecule has 0 bridgehead atoms. The smallest absolute Gasteiger partial charge is 0.0791 e. The number of allylic oxidation sites excluding steroid dienone is 4. The number of para-hydroxylation sites is 2. The molecule has 1 aliphatic rings. The summed E-state index contributed by atoms with van der Waals surface area (Å²) >= 11 is 0. The van der Waals surface area contributed by atoms with Crippen molar-refractivity contribution in [1.29, 1.82) is 0 Å². The molecule has 0 N–H and O–H groups in total. The summed E-state index contributed by atoms with van der Waals surface area (Å²) in [6.45, 7) is 4.41. The van der Waals surface area contributed by atoms with E-state index in [1.807, 2.05) is 6.07 Å². The van der Waals surface area contributed by atoms with Crippen LogP contribution in [0, 0.1) is 0 Å². The maximum atomic E-state index is 5.20. The molecule has 34 heavy (non-hydrogen) atoms. The Labute approximate surface area is 199 Å². The first-order chi connectivity index (χ1) is 16.8. The van der Waals surface area contributed by atoms with E-state index in [0.29, 0.717) is 0 Å². The lowest BCUT2D eigenvalue weighted by molar-refractivity contribution is 1.18. The van der Waals surface area contributed by atoms with Gasteiger partial charge in [0.15, 0.2) is 0 Å². The molecule has 4 aromatic carbocycles. The Hall–Kier alpha value is -4.43. The highest BCUT2D eigenvalue weighted by molar-refractivity contribution is 6.13. The molecule has 0 radical (unpaired) electrons. The number of hydrogen-bond acceptors (Lipinski definition) is 2. The van der Waals surface area contributed by atoms with Crippen LogP contribution in [0.3, 0.4) is 0 Å². The highest BCUT2D eigenvalue weighted by Gasteiger charge is 2.21. The first-order valence-electron chi connectivity index (χ1n) is 11.6. The van der Waals surface area contributed by atoms with Gasteiger partial charge in [-0.25, -0.2) is 4.98 Å². The van der Waals surface area contributed by atoms with Crippen molar-refractivity contribution < 1.29 is 0 Å². The molecule has 1 aromatic heterocycles. The molecule has 0 atom stereocenters. The zero-order chi connectivity index (χ0) is 22.9. The Balaban J connectivity index is 1.75. The number of benzene rings is 4. The molecule has 1 aliphatic heterocycles. The second-order valence-electron chi connectivity index (χ2n) is 8.48. The van der Waals surface area contributed by atoms with E-state index in [1.54, 1.807) is 0 Å². The second kappa shape index (κ2) is 8.49. The summed E-state index contributed by atoms with van der Waals surface area (Å²) in [5.41, 5.74) is 7.55. The van der Waals surface area contributed by atoms with E-state index in [2.05, 4.69) is 127 Å². The van der Waals surface area contributed by atoms with Gasteiger partial charge in [0.1, 0.15) is 0 Å². The number of rotatable bonds is 2. The van der Waals surface area contributed by atoms with Gasteiger partial charge in [-0.3, -0.25) is 0 Å². The molecule has 0 fully saturated rings. The number of nitrogens with zero attached hydrogens (tertiary/aromatic N) is 2. The fourth-order valence-electron chi connectivity index (χ4n) is 4.87. The van der Waals surface area contributed by atoms with Crippen LogP contribution in [0.5, 0.6) is 0 Å². The van der Waals surface area contributed by atoms with E-state index in [9.17, 15) is 0 Å². The summed E-state index contributed by atoms with van der Waals surface area (Å²) in [7, 11) is 0. The fourth-order valence-corrected chi connectivity index (χ4v) is 4.87. The zero-order valence-corrected chi connectivity index (χ0v) is 18.9. The zero-order valence-electron chi connectivity index (χ0n) is 18.9. The van der Waals surface area contributed by atoms with Crippen molar-refractivity contribution in [2.24, 2.45) is 0 Å². The van der Waals surface area contributed by atoms with E-state index in [0.717, 1.165) is 40.3 Å². The third kappa shape index (κ3) is 3.41. The van der Waals surface area contributed by atoms with Gasteiger partial charge in [0, 0.05) is 27.7 Å². The second-order valence-corrected chi connectivity index (χ2v) is 8.48. The van der Waals surface area contributed by atoms with E-state index in [-0.39, 0.29) is 0 Å². The fraction of sp³-hybridized carbons (Fsp3) is 0.0312. The Morgan fingerprint density at radius 3 is 2.26 bits per heavy atom. The third-order valence-electron chi connectivity index (χ3n) is 6.40. The minimum Gasteiger partial charge on any atom is -0.311 e. The van der Waals surface area contributed by atoms with Gasteiger partial charge in [-0.05, 0) is 47.7 Å². The van der Waals surface area contributed by atoms with E-state index in [4.69, 9.17) is 4.98 Å². The van der Waals surface area contributed by atoms with Crippen LogP contribution in [0.2, 0.25) is 0 Å². The van der Waals surface area contributed by atoms with Crippen molar-refractivity contribution in [2.45, 2.75) is 6.42 Å². The molecule has 162 valence electrons. The quantitative estimate of drug-likeness (QED) is 0.258. The number of aromatic nitrogens is 1. The van der Waals surface area contributed by atoms with Crippen LogP contribution in [0.1, 0.15) is 5.56 Å². The van der Waals surface area contributed by atoms with Crippen molar-refractivity contribution >= 4 is 33.1 Å². The Morgan fingerprint density at radius 2 is 1.44 bits per heavy atom. The lowest BCUT2D eigenvalue weighted by Crippen LogP contribution is -2.16. The van der Waals surface area contributed by atoms with Crippen LogP contribution in [-0.4, -0.2) is 4.98 Å². The van der Waals surface area contributed by atoms with Crippen LogP contribution < -0.4 is 4.90 Å². The molecule has 2 heterocycles. The molecule has 0 saturated heterocycles. The topological polar surface area (TPSA) is 16.1 Å². The summed E-state index contributed by atoms with van der Waals surface area (Å²) in [5, 5.41) is 3.59. The molecule has 0 saturated carbocycles. The summed E-state index contributed by atoms with van der Waals surface area (Å²) in [6, 6.07) is 33.9. The molecule has 2 heteroatoms. The van der Waals surface area contributed by atoms with Gasteiger partial charge < -0.3 is 4.90 Å². The van der Waals surface area contributed by atoms with Crippen LogP contribution in [0.4, 0.5) is 11.4 Å². The molecular weight excluding hydrogens is 412 g/mol. The normalized spacial score (nSPS) is 15.4. The Bertz CT molecular complexity index is 1580. The monoisotopic (exact) mass is 436 g/mol. The molecule has 0 unspecified atom stereocenters. The number of hydrogen-bond donors (Lipinski definition) is 0. The number of pyridine rings is 1. The molecule has 0 aliphatic carbocycles. The van der Waals surface area contributed by atoms with Crippen LogP contribution in [0.15, 0.2) is 134 Å².